The molecule has 0 spiro atoms. The zero-order valence-corrected chi connectivity index (χ0v) is 14.5. The third-order valence-corrected chi connectivity index (χ3v) is 5.14. The highest BCUT2D eigenvalue weighted by Crippen LogP contribution is 2.31. The molecule has 6 nitrogen and oxygen atoms in total. The number of nitrogens with zero attached hydrogens (tertiary/aromatic N) is 3. The molecule has 0 bridgehead atoms. The van der Waals surface area contributed by atoms with E-state index in [1.54, 1.807) is 6.20 Å². The first-order valence-corrected chi connectivity index (χ1v) is 8.57. The maximum Gasteiger partial charge on any atom is 0.222 e. The molecule has 0 unspecified atom stereocenters. The minimum atomic E-state index is -0.0214. The molecule has 3 heterocycles. The number of likely N-dealkylation sites (N-methyl/N-ethyl adjacent to an activating group) is 1. The molecule has 6 heteroatoms. The van der Waals surface area contributed by atoms with Crippen molar-refractivity contribution >= 4 is 16.9 Å². The second-order valence-electron chi connectivity index (χ2n) is 6.61. The summed E-state index contributed by atoms with van der Waals surface area (Å²) in [5.74, 6) is 0.179. The lowest BCUT2D eigenvalue weighted by Gasteiger charge is -2.39. The molecular formula is C19H22N4O2. The van der Waals surface area contributed by atoms with E-state index in [-0.39, 0.29) is 18.0 Å². The van der Waals surface area contributed by atoms with E-state index < -0.39 is 0 Å². The molecule has 0 radical (unpaired) electrons. The maximum absolute atomic E-state index is 12.2. The topological polar surface area (TPSA) is 63.3 Å². The number of aromatic nitrogens is 2. The number of rotatable bonds is 4. The molecular weight excluding hydrogens is 316 g/mol. The monoisotopic (exact) mass is 338 g/mol. The quantitative estimate of drug-likeness (QED) is 0.794. The highest BCUT2D eigenvalue weighted by atomic mass is 16.3. The Labute approximate surface area is 146 Å². The molecule has 130 valence electrons. The Kier molecular flexibility index (Phi) is 4.05. The molecule has 2 aromatic heterocycles. The number of para-hydroxylation sites is 1. The summed E-state index contributed by atoms with van der Waals surface area (Å²) in [6.45, 7) is 0.706. The fourth-order valence-electron chi connectivity index (χ4n) is 3.74. The predicted octanol–water partition coefficient (Wildman–Crippen LogP) is 2.62. The first-order chi connectivity index (χ1) is 12.1. The molecule has 1 fully saturated rings. The van der Waals surface area contributed by atoms with Crippen molar-refractivity contribution in [3.63, 3.8) is 0 Å². The first-order valence-electron chi connectivity index (χ1n) is 8.57. The third kappa shape index (κ3) is 2.82. The SMILES string of the molecule is CN1C(=O)CC[C@@H](NCc2coc3ccccc23)[C@@H]1c1ccnn1C. The van der Waals surface area contributed by atoms with Crippen LogP contribution < -0.4 is 5.32 Å². The van der Waals surface area contributed by atoms with Gasteiger partial charge in [-0.3, -0.25) is 9.48 Å². The Morgan fingerprint density at radius 2 is 2.12 bits per heavy atom. The van der Waals surface area contributed by atoms with Crippen molar-refractivity contribution < 1.29 is 9.21 Å². The summed E-state index contributed by atoms with van der Waals surface area (Å²) < 4.78 is 7.48. The summed E-state index contributed by atoms with van der Waals surface area (Å²) in [5.41, 5.74) is 3.09. The van der Waals surface area contributed by atoms with Crippen LogP contribution in [-0.4, -0.2) is 33.7 Å². The molecule has 4 rings (SSSR count). The third-order valence-electron chi connectivity index (χ3n) is 5.14. The van der Waals surface area contributed by atoms with Crippen molar-refractivity contribution in [2.24, 2.45) is 7.05 Å². The number of amides is 1. The predicted molar refractivity (Wildman–Crippen MR) is 94.8 cm³/mol. The largest absolute Gasteiger partial charge is 0.464 e. The van der Waals surface area contributed by atoms with Crippen molar-refractivity contribution in [1.82, 2.24) is 20.0 Å². The number of hydrogen-bond donors (Lipinski definition) is 1. The van der Waals surface area contributed by atoms with Gasteiger partial charge in [0, 0.05) is 50.2 Å². The Morgan fingerprint density at radius 1 is 1.28 bits per heavy atom. The highest BCUT2D eigenvalue weighted by Gasteiger charge is 2.36. The molecule has 25 heavy (non-hydrogen) atoms. The van der Waals surface area contributed by atoms with Crippen molar-refractivity contribution in [3.8, 4) is 0 Å². The van der Waals surface area contributed by atoms with Gasteiger partial charge in [0.1, 0.15) is 5.58 Å². The average molecular weight is 338 g/mol. The molecule has 1 amide bonds. The summed E-state index contributed by atoms with van der Waals surface area (Å²) >= 11 is 0. The van der Waals surface area contributed by atoms with E-state index in [4.69, 9.17) is 4.42 Å². The lowest BCUT2D eigenvalue weighted by atomic mass is 9.93. The van der Waals surface area contributed by atoms with Gasteiger partial charge < -0.3 is 14.6 Å². The molecule has 2 atom stereocenters. The number of fused-ring (bicyclic) bond motifs is 1. The van der Waals surface area contributed by atoms with Crippen LogP contribution in [0.2, 0.25) is 0 Å². The molecule has 1 aliphatic rings. The van der Waals surface area contributed by atoms with Crippen molar-refractivity contribution in [3.05, 3.63) is 54.0 Å². The Hall–Kier alpha value is -2.60. The number of piperidine rings is 1. The molecule has 1 aromatic carbocycles. The van der Waals surface area contributed by atoms with E-state index in [2.05, 4.69) is 16.5 Å². The van der Waals surface area contributed by atoms with E-state index in [0.717, 1.165) is 28.6 Å². The van der Waals surface area contributed by atoms with Gasteiger partial charge in [0.25, 0.3) is 0 Å². The standard InChI is InChI=1S/C19H22N4O2/c1-22-18(24)8-7-15(19(22)16-9-10-21-23(16)2)20-11-13-12-25-17-6-4-3-5-14(13)17/h3-6,9-10,12,15,19-20H,7-8,11H2,1-2H3/t15-,19-/m1/s1. The molecule has 1 saturated heterocycles. The van der Waals surface area contributed by atoms with E-state index >= 15 is 0 Å². The van der Waals surface area contributed by atoms with Crippen molar-refractivity contribution in [1.29, 1.82) is 0 Å². The number of carbonyl (C=O) groups excluding carboxylic acids is 1. The van der Waals surface area contributed by atoms with Crippen LogP contribution in [0.3, 0.4) is 0 Å². The van der Waals surface area contributed by atoms with E-state index in [9.17, 15) is 4.79 Å². The minimum Gasteiger partial charge on any atom is -0.464 e. The number of aryl methyl sites for hydroxylation is 1. The smallest absolute Gasteiger partial charge is 0.222 e. The van der Waals surface area contributed by atoms with Crippen LogP contribution in [0.15, 0.2) is 47.2 Å². The molecule has 0 saturated carbocycles. The maximum atomic E-state index is 12.2. The summed E-state index contributed by atoms with van der Waals surface area (Å²) in [5, 5.41) is 9.04. The van der Waals surface area contributed by atoms with Crippen molar-refractivity contribution in [2.75, 3.05) is 7.05 Å². The fraction of sp³-hybridized carbons (Fsp3) is 0.368. The van der Waals surface area contributed by atoms with Crippen LogP contribution in [0, 0.1) is 0 Å². The van der Waals surface area contributed by atoms with Gasteiger partial charge >= 0.3 is 0 Å². The van der Waals surface area contributed by atoms with Crippen LogP contribution in [0.25, 0.3) is 11.0 Å². The molecule has 3 aromatic rings. The zero-order valence-electron chi connectivity index (χ0n) is 14.5. The average Bonchev–Trinajstić information content (AvgIpc) is 3.22. The summed E-state index contributed by atoms with van der Waals surface area (Å²) in [4.78, 5) is 14.1. The zero-order chi connectivity index (χ0) is 17.4. The minimum absolute atomic E-state index is 0.0214. The Balaban J connectivity index is 1.57. The molecule has 0 aliphatic carbocycles. The van der Waals surface area contributed by atoms with Gasteiger partial charge in [-0.05, 0) is 18.6 Å². The van der Waals surface area contributed by atoms with Gasteiger partial charge in [0.15, 0.2) is 0 Å². The number of nitrogens with one attached hydrogen (secondary N) is 1. The summed E-state index contributed by atoms with van der Waals surface area (Å²) in [6.07, 6.45) is 4.97. The van der Waals surface area contributed by atoms with Crippen LogP contribution in [0.1, 0.15) is 30.1 Å². The van der Waals surface area contributed by atoms with Gasteiger partial charge in [-0.1, -0.05) is 18.2 Å². The first kappa shape index (κ1) is 15.9. The Morgan fingerprint density at radius 3 is 2.92 bits per heavy atom. The van der Waals surface area contributed by atoms with E-state index in [0.29, 0.717) is 13.0 Å². The van der Waals surface area contributed by atoms with E-state index in [1.807, 2.05) is 54.2 Å². The molecule has 1 N–H and O–H groups in total. The van der Waals surface area contributed by atoms with Gasteiger partial charge in [-0.15, -0.1) is 0 Å². The number of carbonyl (C=O) groups is 1. The lowest BCUT2D eigenvalue weighted by Crippen LogP contribution is -2.49. The fourth-order valence-corrected chi connectivity index (χ4v) is 3.74. The van der Waals surface area contributed by atoms with Crippen LogP contribution in [-0.2, 0) is 18.4 Å². The van der Waals surface area contributed by atoms with E-state index in [1.165, 1.54) is 0 Å². The van der Waals surface area contributed by atoms with Crippen molar-refractivity contribution in [2.45, 2.75) is 31.5 Å². The number of hydrogen-bond acceptors (Lipinski definition) is 4. The van der Waals surface area contributed by atoms with Crippen LogP contribution in [0.4, 0.5) is 0 Å². The number of furan rings is 1. The second-order valence-corrected chi connectivity index (χ2v) is 6.61. The number of benzene rings is 1. The van der Waals surface area contributed by atoms with Gasteiger partial charge in [-0.25, -0.2) is 0 Å². The normalized spacial score (nSPS) is 21.2. The lowest BCUT2D eigenvalue weighted by molar-refractivity contribution is -0.136. The van der Waals surface area contributed by atoms with Gasteiger partial charge in [0.2, 0.25) is 5.91 Å². The highest BCUT2D eigenvalue weighted by molar-refractivity contribution is 5.80. The van der Waals surface area contributed by atoms with Crippen LogP contribution in [0.5, 0.6) is 0 Å². The second kappa shape index (κ2) is 6.37. The number of likely N-dealkylation sites (tertiary alicyclic amines) is 1. The Bertz CT molecular complexity index is 898. The molecule has 1 aliphatic heterocycles. The summed E-state index contributed by atoms with van der Waals surface area (Å²) in [7, 11) is 3.80. The summed E-state index contributed by atoms with van der Waals surface area (Å²) in [6, 6.07) is 10.2. The van der Waals surface area contributed by atoms with Gasteiger partial charge in [0.05, 0.1) is 18.0 Å². The van der Waals surface area contributed by atoms with Crippen LogP contribution >= 0.6 is 0 Å². The van der Waals surface area contributed by atoms with Gasteiger partial charge in [-0.2, -0.15) is 5.10 Å².